The number of halogens is 1. The zero-order valence-corrected chi connectivity index (χ0v) is 17.1. The van der Waals surface area contributed by atoms with Gasteiger partial charge >= 0.3 is 0 Å². The highest BCUT2D eigenvalue weighted by atomic mass is 19.1. The number of nitrogens with zero attached hydrogens (tertiary/aromatic N) is 2. The molecule has 0 aliphatic carbocycles. The highest BCUT2D eigenvalue weighted by Gasteiger charge is 2.28. The lowest BCUT2D eigenvalue weighted by Gasteiger charge is -2.26. The number of ether oxygens (including phenoxy) is 2. The fourth-order valence-corrected chi connectivity index (χ4v) is 3.56. The van der Waals surface area contributed by atoms with E-state index in [-0.39, 0.29) is 30.5 Å². The first-order valence-electron chi connectivity index (χ1n) is 10.1. The molecule has 7 heteroatoms. The molecule has 0 unspecified atom stereocenters. The Morgan fingerprint density at radius 2 is 1.93 bits per heavy atom. The summed E-state index contributed by atoms with van der Waals surface area (Å²) in [5, 5.41) is 4.24. The van der Waals surface area contributed by atoms with E-state index in [2.05, 4.69) is 5.16 Å². The van der Waals surface area contributed by atoms with Gasteiger partial charge in [-0.1, -0.05) is 31.1 Å². The molecule has 0 saturated carbocycles. The predicted octanol–water partition coefficient (Wildman–Crippen LogP) is 4.12. The lowest BCUT2D eigenvalue weighted by Crippen LogP contribution is -2.37. The Morgan fingerprint density at radius 3 is 2.70 bits per heavy atom. The fourth-order valence-electron chi connectivity index (χ4n) is 3.56. The average molecular weight is 412 g/mol. The summed E-state index contributed by atoms with van der Waals surface area (Å²) in [4.78, 5) is 20.2. The molecule has 0 bridgehead atoms. The van der Waals surface area contributed by atoms with Gasteiger partial charge in [-0.25, -0.2) is 4.39 Å². The van der Waals surface area contributed by atoms with Gasteiger partial charge in [0.05, 0.1) is 12.3 Å². The van der Waals surface area contributed by atoms with Crippen LogP contribution in [0.15, 0.2) is 47.6 Å². The summed E-state index contributed by atoms with van der Waals surface area (Å²) >= 11 is 0. The second kappa shape index (κ2) is 8.73. The Bertz CT molecular complexity index is 943. The second-order valence-electron chi connectivity index (χ2n) is 8.04. The average Bonchev–Trinajstić information content (AvgIpc) is 3.37. The van der Waals surface area contributed by atoms with Crippen molar-refractivity contribution in [3.8, 4) is 11.5 Å². The molecule has 2 aliphatic heterocycles. The van der Waals surface area contributed by atoms with Gasteiger partial charge in [0.15, 0.2) is 17.6 Å². The Morgan fingerprint density at radius 1 is 1.17 bits per heavy atom. The minimum absolute atomic E-state index is 0.0504. The monoisotopic (exact) mass is 412 g/mol. The molecule has 6 nitrogen and oxygen atoms in total. The molecule has 0 fully saturated rings. The van der Waals surface area contributed by atoms with Crippen molar-refractivity contribution in [3.63, 3.8) is 0 Å². The van der Waals surface area contributed by atoms with Crippen LogP contribution >= 0.6 is 0 Å². The Balaban J connectivity index is 1.42. The van der Waals surface area contributed by atoms with Crippen molar-refractivity contribution in [1.82, 2.24) is 4.90 Å². The summed E-state index contributed by atoms with van der Waals surface area (Å²) in [6, 6.07) is 11.9. The fraction of sp³-hybridized carbons (Fsp3) is 0.391. The van der Waals surface area contributed by atoms with Gasteiger partial charge in [-0.05, 0) is 41.8 Å². The molecule has 30 heavy (non-hydrogen) atoms. The van der Waals surface area contributed by atoms with Crippen molar-refractivity contribution in [1.29, 1.82) is 0 Å². The van der Waals surface area contributed by atoms with Crippen LogP contribution in [0, 0.1) is 11.7 Å². The van der Waals surface area contributed by atoms with Crippen LogP contribution in [-0.2, 0) is 16.2 Å². The minimum Gasteiger partial charge on any atom is -0.454 e. The Kier molecular flexibility index (Phi) is 5.88. The van der Waals surface area contributed by atoms with Crippen LogP contribution in [-0.4, -0.2) is 36.0 Å². The van der Waals surface area contributed by atoms with Crippen molar-refractivity contribution in [3.05, 3.63) is 59.4 Å². The van der Waals surface area contributed by atoms with Crippen molar-refractivity contribution < 1.29 is 23.5 Å². The molecule has 2 aliphatic rings. The summed E-state index contributed by atoms with van der Waals surface area (Å²) in [6.07, 6.45) is 0.806. The molecule has 0 radical (unpaired) electrons. The lowest BCUT2D eigenvalue weighted by molar-refractivity contribution is -0.134. The Hall–Kier alpha value is -3.09. The van der Waals surface area contributed by atoms with Crippen molar-refractivity contribution in [2.45, 2.75) is 39.3 Å². The van der Waals surface area contributed by atoms with E-state index in [9.17, 15) is 9.18 Å². The van der Waals surface area contributed by atoms with Gasteiger partial charge in [0, 0.05) is 24.9 Å². The summed E-state index contributed by atoms with van der Waals surface area (Å²) in [7, 11) is 0. The molecule has 1 amide bonds. The molecule has 0 aromatic heterocycles. The van der Waals surface area contributed by atoms with E-state index in [1.807, 2.05) is 32.0 Å². The maximum atomic E-state index is 13.2. The number of hydrogen-bond donors (Lipinski definition) is 0. The van der Waals surface area contributed by atoms with Gasteiger partial charge in [0.25, 0.3) is 0 Å². The first-order chi connectivity index (χ1) is 14.5. The van der Waals surface area contributed by atoms with Gasteiger partial charge in [0.2, 0.25) is 12.7 Å². The number of amides is 1. The van der Waals surface area contributed by atoms with Crippen LogP contribution in [0.5, 0.6) is 11.5 Å². The molecule has 0 saturated heterocycles. The van der Waals surface area contributed by atoms with Crippen molar-refractivity contribution in [2.24, 2.45) is 11.1 Å². The Labute approximate surface area is 175 Å². The number of benzene rings is 2. The van der Waals surface area contributed by atoms with Gasteiger partial charge in [-0.3, -0.25) is 4.79 Å². The first-order valence-corrected chi connectivity index (χ1v) is 10.1. The molecule has 0 N–H and O–H groups in total. The quantitative estimate of drug-likeness (QED) is 0.686. The van der Waals surface area contributed by atoms with Gasteiger partial charge in [-0.15, -0.1) is 0 Å². The standard InChI is InChI=1S/C23H25FN2O4/c1-15(2)9-23(27)26(12-16-3-6-18(24)7-4-16)13-19-11-20(25-30-19)17-5-8-21-22(10-17)29-14-28-21/h3-8,10,15,19H,9,11-14H2,1-2H3/t19-/m0/s1. The van der Waals surface area contributed by atoms with Gasteiger partial charge in [-0.2, -0.15) is 0 Å². The van der Waals surface area contributed by atoms with E-state index in [4.69, 9.17) is 14.3 Å². The molecule has 4 rings (SSSR count). The SMILES string of the molecule is CC(C)CC(=O)N(Cc1ccc(F)cc1)C[C@@H]1CC(c2ccc3c(c2)OCO3)=NO1. The zero-order chi connectivity index (χ0) is 21.1. The van der Waals surface area contributed by atoms with Crippen LogP contribution < -0.4 is 9.47 Å². The van der Waals surface area contributed by atoms with Crippen LogP contribution in [0.4, 0.5) is 4.39 Å². The van der Waals surface area contributed by atoms with Gasteiger partial charge in [0.1, 0.15) is 5.82 Å². The third kappa shape index (κ3) is 4.72. The van der Waals surface area contributed by atoms with Crippen LogP contribution in [0.25, 0.3) is 0 Å². The number of carbonyl (C=O) groups excluding carboxylic acids is 1. The van der Waals surface area contributed by atoms with Crippen LogP contribution in [0.3, 0.4) is 0 Å². The molecule has 0 spiro atoms. The van der Waals surface area contributed by atoms with Crippen LogP contribution in [0.1, 0.15) is 37.8 Å². The summed E-state index contributed by atoms with van der Waals surface area (Å²) < 4.78 is 24.0. The highest BCUT2D eigenvalue weighted by Crippen LogP contribution is 2.33. The number of oxime groups is 1. The van der Waals surface area contributed by atoms with E-state index in [1.165, 1.54) is 12.1 Å². The molecular formula is C23H25FN2O4. The highest BCUT2D eigenvalue weighted by molar-refractivity contribution is 6.01. The van der Waals surface area contributed by atoms with E-state index in [0.29, 0.717) is 31.7 Å². The van der Waals surface area contributed by atoms with Gasteiger partial charge < -0.3 is 19.2 Å². The maximum Gasteiger partial charge on any atom is 0.231 e. The lowest BCUT2D eigenvalue weighted by atomic mass is 10.0. The zero-order valence-electron chi connectivity index (χ0n) is 17.1. The third-order valence-corrected chi connectivity index (χ3v) is 5.09. The summed E-state index contributed by atoms with van der Waals surface area (Å²) in [5.41, 5.74) is 2.61. The van der Waals surface area contributed by atoms with Crippen LogP contribution in [0.2, 0.25) is 0 Å². The second-order valence-corrected chi connectivity index (χ2v) is 8.04. The minimum atomic E-state index is -0.292. The number of hydrogen-bond acceptors (Lipinski definition) is 5. The van der Waals surface area contributed by atoms with E-state index < -0.39 is 0 Å². The molecule has 1 atom stereocenters. The number of fused-ring (bicyclic) bond motifs is 1. The van der Waals surface area contributed by atoms with E-state index in [0.717, 1.165) is 22.6 Å². The molecule has 158 valence electrons. The largest absolute Gasteiger partial charge is 0.454 e. The van der Waals surface area contributed by atoms with Crippen molar-refractivity contribution in [2.75, 3.05) is 13.3 Å². The topological polar surface area (TPSA) is 60.4 Å². The van der Waals surface area contributed by atoms with E-state index in [1.54, 1.807) is 17.0 Å². The molecule has 2 heterocycles. The smallest absolute Gasteiger partial charge is 0.231 e. The number of carbonyl (C=O) groups is 1. The normalized spacial score (nSPS) is 17.1. The summed E-state index contributed by atoms with van der Waals surface area (Å²) in [5.74, 6) is 1.43. The van der Waals surface area contributed by atoms with E-state index >= 15 is 0 Å². The summed E-state index contributed by atoms with van der Waals surface area (Å²) in [6.45, 7) is 5.08. The molecule has 2 aromatic rings. The predicted molar refractivity (Wildman–Crippen MR) is 110 cm³/mol. The third-order valence-electron chi connectivity index (χ3n) is 5.09. The van der Waals surface area contributed by atoms with Crippen molar-refractivity contribution >= 4 is 11.6 Å². The molecular weight excluding hydrogens is 387 g/mol. The maximum absolute atomic E-state index is 13.2. The number of rotatable bonds is 7. The first kappa shape index (κ1) is 20.2. The molecule has 2 aromatic carbocycles.